The molecule has 0 saturated heterocycles. The van der Waals surface area contributed by atoms with Crippen LogP contribution in [0.15, 0.2) is 65.6 Å². The van der Waals surface area contributed by atoms with Crippen LogP contribution in [0.4, 0.5) is 0 Å². The summed E-state index contributed by atoms with van der Waals surface area (Å²) in [7, 11) is 0. The van der Waals surface area contributed by atoms with Gasteiger partial charge < -0.3 is 4.57 Å². The van der Waals surface area contributed by atoms with Crippen molar-refractivity contribution in [2.45, 2.75) is 27.3 Å². The zero-order valence-electron chi connectivity index (χ0n) is 17.1. The Morgan fingerprint density at radius 2 is 1.73 bits per heavy atom. The van der Waals surface area contributed by atoms with Gasteiger partial charge in [-0.1, -0.05) is 35.4 Å². The van der Waals surface area contributed by atoms with Gasteiger partial charge in [0.05, 0.1) is 10.9 Å². The monoisotopic (exact) mass is 416 g/mol. The van der Waals surface area contributed by atoms with Crippen LogP contribution in [0.3, 0.4) is 0 Å². The quantitative estimate of drug-likeness (QED) is 0.427. The molecule has 4 aromatic rings. The number of nitrogens with zero attached hydrogens (tertiary/aromatic N) is 2. The smallest absolute Gasteiger partial charge is 0.202 e. The third-order valence-electron chi connectivity index (χ3n) is 5.26. The van der Waals surface area contributed by atoms with Crippen LogP contribution in [-0.2, 0) is 6.54 Å². The highest BCUT2D eigenvalue weighted by Gasteiger charge is 2.18. The van der Waals surface area contributed by atoms with Crippen molar-refractivity contribution in [3.8, 4) is 0 Å². The first-order chi connectivity index (χ1) is 14.3. The van der Waals surface area contributed by atoms with Crippen LogP contribution in [0.25, 0.3) is 11.0 Å². The molecule has 0 aliphatic heterocycles. The second-order valence-electron chi connectivity index (χ2n) is 7.59. The van der Waals surface area contributed by atoms with Crippen LogP contribution in [0.1, 0.15) is 38.3 Å². The molecule has 2 aromatic carbocycles. The predicted molar refractivity (Wildman–Crippen MR) is 121 cm³/mol. The van der Waals surface area contributed by atoms with E-state index in [0.29, 0.717) is 28.2 Å². The molecule has 0 amide bonds. The molecule has 0 aliphatic rings. The van der Waals surface area contributed by atoms with Crippen LogP contribution in [-0.4, -0.2) is 15.3 Å². The zero-order chi connectivity index (χ0) is 21.4. The Labute approximate surface area is 179 Å². The van der Waals surface area contributed by atoms with Crippen molar-refractivity contribution >= 4 is 28.4 Å². The van der Waals surface area contributed by atoms with Crippen LogP contribution in [0.2, 0.25) is 5.02 Å². The highest BCUT2D eigenvalue weighted by Crippen LogP contribution is 2.19. The van der Waals surface area contributed by atoms with Crippen LogP contribution in [0, 0.1) is 20.8 Å². The Morgan fingerprint density at radius 3 is 2.47 bits per heavy atom. The summed E-state index contributed by atoms with van der Waals surface area (Å²) in [6.07, 6.45) is 1.63. The van der Waals surface area contributed by atoms with E-state index in [9.17, 15) is 9.59 Å². The summed E-state index contributed by atoms with van der Waals surface area (Å²) in [5, 5.41) is 0.975. The number of aromatic nitrogens is 2. The lowest BCUT2D eigenvalue weighted by molar-refractivity contribution is 0.103. The minimum absolute atomic E-state index is 0.126. The molecule has 0 N–H and O–H groups in total. The zero-order valence-corrected chi connectivity index (χ0v) is 17.8. The summed E-state index contributed by atoms with van der Waals surface area (Å²) in [5.41, 5.74) is 5.05. The fourth-order valence-electron chi connectivity index (χ4n) is 3.55. The minimum Gasteiger partial charge on any atom is -0.327 e. The van der Waals surface area contributed by atoms with E-state index in [1.54, 1.807) is 42.6 Å². The number of halogens is 1. The van der Waals surface area contributed by atoms with Crippen molar-refractivity contribution in [2.24, 2.45) is 0 Å². The molecule has 30 heavy (non-hydrogen) atoms. The van der Waals surface area contributed by atoms with E-state index in [2.05, 4.69) is 30.1 Å². The van der Waals surface area contributed by atoms with E-state index < -0.39 is 0 Å². The van der Waals surface area contributed by atoms with Gasteiger partial charge in [-0.3, -0.25) is 9.59 Å². The molecule has 0 aliphatic carbocycles. The number of ketones is 1. The molecule has 0 spiro atoms. The lowest BCUT2D eigenvalue weighted by atomic mass is 10.0. The Bertz CT molecular complexity index is 1340. The molecular weight excluding hydrogens is 396 g/mol. The average molecular weight is 417 g/mol. The van der Waals surface area contributed by atoms with Gasteiger partial charge in [0.1, 0.15) is 5.65 Å². The third-order valence-corrected chi connectivity index (χ3v) is 5.51. The largest absolute Gasteiger partial charge is 0.327 e. The molecule has 0 unspecified atom stereocenters. The molecule has 2 heterocycles. The second-order valence-corrected chi connectivity index (χ2v) is 8.03. The maximum Gasteiger partial charge on any atom is 0.202 e. The molecule has 2 aromatic heterocycles. The number of pyridine rings is 2. The number of carbonyl (C=O) groups is 1. The first kappa shape index (κ1) is 20.0. The van der Waals surface area contributed by atoms with E-state index in [1.807, 2.05) is 18.4 Å². The molecule has 0 radical (unpaired) electrons. The number of aryl methyl sites for hydroxylation is 3. The number of fused-ring (bicyclic) bond motifs is 1. The van der Waals surface area contributed by atoms with Crippen LogP contribution < -0.4 is 5.43 Å². The first-order valence-corrected chi connectivity index (χ1v) is 10.1. The SMILES string of the molecule is Cc1ccc(C)c(Cn2cc(C(=O)c3ccc(Cl)cc3)c(=O)c3ccc(C)nc32)c1. The summed E-state index contributed by atoms with van der Waals surface area (Å²) >= 11 is 5.94. The van der Waals surface area contributed by atoms with Crippen molar-refractivity contribution in [2.75, 3.05) is 0 Å². The first-order valence-electron chi connectivity index (χ1n) is 9.70. The molecule has 0 saturated carbocycles. The van der Waals surface area contributed by atoms with Gasteiger partial charge in [-0.15, -0.1) is 0 Å². The van der Waals surface area contributed by atoms with E-state index in [0.717, 1.165) is 22.4 Å². The molecule has 4 rings (SSSR count). The maximum atomic E-state index is 13.1. The van der Waals surface area contributed by atoms with Crippen LogP contribution in [0.5, 0.6) is 0 Å². The number of hydrogen-bond acceptors (Lipinski definition) is 3. The summed E-state index contributed by atoms with van der Waals surface area (Å²) in [5.74, 6) is -0.325. The standard InChI is InChI=1S/C25H21ClN2O2/c1-15-4-5-16(2)19(12-15)13-28-14-22(23(29)18-7-9-20(26)10-8-18)24(30)21-11-6-17(3)27-25(21)28/h4-12,14H,13H2,1-3H3. The van der Waals surface area contributed by atoms with Crippen molar-refractivity contribution in [3.63, 3.8) is 0 Å². The fourth-order valence-corrected chi connectivity index (χ4v) is 3.68. The lowest BCUT2D eigenvalue weighted by Gasteiger charge is -2.15. The number of hydrogen-bond donors (Lipinski definition) is 0. The van der Waals surface area contributed by atoms with Crippen molar-refractivity contribution in [1.82, 2.24) is 9.55 Å². The second kappa shape index (κ2) is 7.88. The van der Waals surface area contributed by atoms with Crippen molar-refractivity contribution < 1.29 is 4.79 Å². The normalized spacial score (nSPS) is 11.1. The summed E-state index contributed by atoms with van der Waals surface area (Å²) < 4.78 is 1.90. The van der Waals surface area contributed by atoms with Gasteiger partial charge >= 0.3 is 0 Å². The third kappa shape index (κ3) is 3.79. The predicted octanol–water partition coefficient (Wildman–Crippen LogP) is 5.25. The highest BCUT2D eigenvalue weighted by molar-refractivity contribution is 6.30. The van der Waals surface area contributed by atoms with Gasteiger partial charge in [-0.25, -0.2) is 4.98 Å². The van der Waals surface area contributed by atoms with E-state index >= 15 is 0 Å². The number of benzene rings is 2. The highest BCUT2D eigenvalue weighted by atomic mass is 35.5. The summed E-state index contributed by atoms with van der Waals surface area (Å²) in [6.45, 7) is 6.50. The summed E-state index contributed by atoms with van der Waals surface area (Å²) in [6, 6.07) is 16.4. The van der Waals surface area contributed by atoms with Gasteiger partial charge in [-0.2, -0.15) is 0 Å². The Morgan fingerprint density at radius 1 is 1.00 bits per heavy atom. The van der Waals surface area contributed by atoms with Gasteiger partial charge in [0, 0.05) is 29.0 Å². The van der Waals surface area contributed by atoms with Gasteiger partial charge in [0.25, 0.3) is 0 Å². The Hall–Kier alpha value is -3.24. The lowest BCUT2D eigenvalue weighted by Crippen LogP contribution is -2.21. The number of carbonyl (C=O) groups excluding carboxylic acids is 1. The molecule has 5 heteroatoms. The van der Waals surface area contributed by atoms with Crippen LogP contribution >= 0.6 is 11.6 Å². The Kier molecular flexibility index (Phi) is 5.27. The van der Waals surface area contributed by atoms with Gasteiger partial charge in [0.15, 0.2) is 5.78 Å². The summed E-state index contributed by atoms with van der Waals surface area (Å²) in [4.78, 5) is 30.9. The van der Waals surface area contributed by atoms with E-state index in [1.165, 1.54) is 0 Å². The fraction of sp³-hybridized carbons (Fsp3) is 0.160. The molecular formula is C25H21ClN2O2. The van der Waals surface area contributed by atoms with Gasteiger partial charge in [-0.05, 0) is 68.3 Å². The van der Waals surface area contributed by atoms with E-state index in [4.69, 9.17) is 11.6 Å². The van der Waals surface area contributed by atoms with Crippen molar-refractivity contribution in [3.05, 3.63) is 110 Å². The molecule has 0 fully saturated rings. The topological polar surface area (TPSA) is 52.0 Å². The number of rotatable bonds is 4. The minimum atomic E-state index is -0.325. The molecule has 0 atom stereocenters. The molecule has 150 valence electrons. The molecule has 4 nitrogen and oxygen atoms in total. The average Bonchev–Trinajstić information content (AvgIpc) is 2.72. The van der Waals surface area contributed by atoms with Crippen molar-refractivity contribution in [1.29, 1.82) is 0 Å². The maximum absolute atomic E-state index is 13.1. The van der Waals surface area contributed by atoms with Gasteiger partial charge in [0.2, 0.25) is 5.43 Å². The van der Waals surface area contributed by atoms with E-state index in [-0.39, 0.29) is 16.8 Å². The molecule has 0 bridgehead atoms. The Balaban J connectivity index is 1.92.